The molecule has 3 atom stereocenters. The van der Waals surface area contributed by atoms with Crippen molar-refractivity contribution in [3.63, 3.8) is 0 Å². The lowest BCUT2D eigenvalue weighted by molar-refractivity contribution is -0.149. The molecule has 2 aliphatic heterocycles. The van der Waals surface area contributed by atoms with E-state index in [4.69, 9.17) is 5.90 Å². The molecule has 0 bridgehead atoms. The van der Waals surface area contributed by atoms with Crippen molar-refractivity contribution in [1.29, 1.82) is 0 Å². The molecule has 3 unspecified atom stereocenters. The first-order valence-electron chi connectivity index (χ1n) is 14.1. The molecule has 1 saturated heterocycles. The largest absolute Gasteiger partial charge is 0.416 e. The van der Waals surface area contributed by atoms with E-state index in [2.05, 4.69) is 28.4 Å². The van der Waals surface area contributed by atoms with E-state index < -0.39 is 29.4 Å². The van der Waals surface area contributed by atoms with E-state index in [1.807, 2.05) is 11.8 Å². The maximum Gasteiger partial charge on any atom is 0.416 e. The van der Waals surface area contributed by atoms with Crippen LogP contribution in [0.3, 0.4) is 0 Å². The van der Waals surface area contributed by atoms with Gasteiger partial charge in [-0.05, 0) is 110 Å². The van der Waals surface area contributed by atoms with E-state index in [1.165, 1.54) is 5.56 Å². The summed E-state index contributed by atoms with van der Waals surface area (Å²) in [5.74, 6) is 5.11. The topological polar surface area (TPSA) is 67.6 Å². The molecule has 0 amide bonds. The molecule has 1 aliphatic carbocycles. The zero-order valence-corrected chi connectivity index (χ0v) is 22.8. The number of likely N-dealkylation sites (tertiary alicyclic amines) is 1. The number of aryl methyl sites for hydroxylation is 1. The number of fused-ring (bicyclic) bond motifs is 1. The van der Waals surface area contributed by atoms with Gasteiger partial charge in [-0.15, -0.1) is 0 Å². The number of hydrogen-bond acceptors (Lipinski definition) is 5. The van der Waals surface area contributed by atoms with Crippen molar-refractivity contribution < 1.29 is 36.0 Å². The van der Waals surface area contributed by atoms with E-state index in [-0.39, 0.29) is 35.9 Å². The predicted molar refractivity (Wildman–Crippen MR) is 142 cm³/mol. The fraction of sp³-hybridized carbons (Fsp3) is 0.567. The van der Waals surface area contributed by atoms with Gasteiger partial charge in [0.2, 0.25) is 0 Å². The third kappa shape index (κ3) is 6.66. The number of piperidine rings is 1. The lowest BCUT2D eigenvalue weighted by Crippen LogP contribution is -2.41. The molecule has 5 rings (SSSR count). The normalized spacial score (nSPS) is 22.0. The van der Waals surface area contributed by atoms with Crippen LogP contribution < -0.4 is 11.2 Å². The molecule has 1 saturated carbocycles. The quantitative estimate of drug-likeness (QED) is 0.274. The molecule has 11 heteroatoms. The number of alkyl halides is 6. The van der Waals surface area contributed by atoms with Gasteiger partial charge in [0.05, 0.1) is 17.0 Å². The summed E-state index contributed by atoms with van der Waals surface area (Å²) in [6, 6.07) is 8.18. The van der Waals surface area contributed by atoms with Crippen LogP contribution >= 0.6 is 0 Å². The van der Waals surface area contributed by atoms with Gasteiger partial charge in [-0.3, -0.25) is 9.69 Å². The Morgan fingerprint density at radius 2 is 1.71 bits per heavy atom. The molecule has 2 aromatic rings. The zero-order chi connectivity index (χ0) is 29.5. The zero-order valence-electron chi connectivity index (χ0n) is 22.8. The van der Waals surface area contributed by atoms with Crippen molar-refractivity contribution in [3.05, 3.63) is 64.2 Å². The summed E-state index contributed by atoms with van der Waals surface area (Å²) in [6.45, 7) is 2.68. The van der Waals surface area contributed by atoms with Gasteiger partial charge in [0.1, 0.15) is 0 Å². The van der Waals surface area contributed by atoms with Gasteiger partial charge < -0.3 is 10.2 Å². The van der Waals surface area contributed by atoms with Crippen molar-refractivity contribution in [2.45, 2.75) is 76.3 Å². The SMILES string of the molecule is CC(C(=O)ON)C(c1ccc2c(c1)NC(C1CCN(Cc3cc(C(F)(F)F)ccc3C(F)(F)F)CC1)CC2)C1CC1. The van der Waals surface area contributed by atoms with E-state index in [0.717, 1.165) is 49.8 Å². The first-order chi connectivity index (χ1) is 19.3. The number of benzene rings is 2. The molecule has 41 heavy (non-hydrogen) atoms. The van der Waals surface area contributed by atoms with Crippen LogP contribution in [0.15, 0.2) is 36.4 Å². The Morgan fingerprint density at radius 3 is 2.32 bits per heavy atom. The van der Waals surface area contributed by atoms with Gasteiger partial charge in [-0.1, -0.05) is 19.1 Å². The Labute approximate surface area is 235 Å². The fourth-order valence-corrected chi connectivity index (χ4v) is 6.70. The van der Waals surface area contributed by atoms with E-state index >= 15 is 0 Å². The summed E-state index contributed by atoms with van der Waals surface area (Å²) in [5.41, 5.74) is 0.884. The van der Waals surface area contributed by atoms with Crippen LogP contribution in [0.4, 0.5) is 32.0 Å². The van der Waals surface area contributed by atoms with Crippen LogP contribution in [0.5, 0.6) is 0 Å². The molecule has 2 aromatic carbocycles. The van der Waals surface area contributed by atoms with Crippen molar-refractivity contribution in [2.24, 2.45) is 23.7 Å². The molecular weight excluding hydrogens is 548 g/mol. The number of carbonyl (C=O) groups excluding carboxylic acids is 1. The van der Waals surface area contributed by atoms with Crippen molar-refractivity contribution in [2.75, 3.05) is 18.4 Å². The summed E-state index contributed by atoms with van der Waals surface area (Å²) < 4.78 is 80.3. The third-order valence-corrected chi connectivity index (χ3v) is 9.07. The van der Waals surface area contributed by atoms with Crippen LogP contribution in [0.25, 0.3) is 0 Å². The van der Waals surface area contributed by atoms with Crippen molar-refractivity contribution >= 4 is 11.7 Å². The Balaban J connectivity index is 1.24. The maximum absolute atomic E-state index is 13.5. The second kappa shape index (κ2) is 11.5. The number of hydrogen-bond donors (Lipinski definition) is 2. The van der Waals surface area contributed by atoms with Crippen LogP contribution in [0, 0.1) is 17.8 Å². The maximum atomic E-state index is 13.5. The van der Waals surface area contributed by atoms with Gasteiger partial charge in [0.25, 0.3) is 0 Å². The summed E-state index contributed by atoms with van der Waals surface area (Å²) >= 11 is 0. The smallest absolute Gasteiger partial charge is 0.382 e. The number of carbonyl (C=O) groups is 1. The van der Waals surface area contributed by atoms with Gasteiger partial charge >= 0.3 is 18.3 Å². The molecule has 0 radical (unpaired) electrons. The number of halogens is 6. The molecule has 2 fully saturated rings. The highest BCUT2D eigenvalue weighted by atomic mass is 19.4. The summed E-state index contributed by atoms with van der Waals surface area (Å²) in [4.78, 5) is 18.5. The number of rotatable bonds is 7. The van der Waals surface area contributed by atoms with Gasteiger partial charge in [-0.25, -0.2) is 0 Å². The Bertz CT molecular complexity index is 1250. The van der Waals surface area contributed by atoms with Gasteiger partial charge in [0, 0.05) is 18.3 Å². The molecule has 3 N–H and O–H groups in total. The van der Waals surface area contributed by atoms with Crippen LogP contribution in [-0.2, 0) is 35.0 Å². The first kappa shape index (κ1) is 29.7. The minimum Gasteiger partial charge on any atom is -0.382 e. The van der Waals surface area contributed by atoms with E-state index in [9.17, 15) is 31.1 Å². The highest BCUT2D eigenvalue weighted by Gasteiger charge is 2.40. The molecular formula is C30H35F6N3O2. The lowest BCUT2D eigenvalue weighted by atomic mass is 9.80. The van der Waals surface area contributed by atoms with Crippen LogP contribution in [0.2, 0.25) is 0 Å². The van der Waals surface area contributed by atoms with E-state index in [0.29, 0.717) is 37.2 Å². The monoisotopic (exact) mass is 583 g/mol. The Morgan fingerprint density at radius 1 is 1.00 bits per heavy atom. The lowest BCUT2D eigenvalue weighted by Gasteiger charge is -2.39. The molecule has 3 aliphatic rings. The highest BCUT2D eigenvalue weighted by Crippen LogP contribution is 2.48. The second-order valence-electron chi connectivity index (χ2n) is 11.8. The fourth-order valence-electron chi connectivity index (χ4n) is 6.70. The highest BCUT2D eigenvalue weighted by molar-refractivity contribution is 5.73. The summed E-state index contributed by atoms with van der Waals surface area (Å²) in [5, 5.41) is 3.69. The average molecular weight is 584 g/mol. The minimum atomic E-state index is -4.73. The van der Waals surface area contributed by atoms with Gasteiger partial charge in [-0.2, -0.15) is 32.2 Å². The standard InChI is InChI=1S/C30H35F6N3O2/c1-17(28(40)41-37)27(20-3-4-20)21-5-2-18-6-9-25(38-26(18)15-21)19-10-12-39(13-11-19)16-22-14-23(29(31,32)33)7-8-24(22)30(34,35)36/h2,5,7-8,14-15,17,19-20,25,27,38H,3-4,6,9-13,16,37H2,1H3. The number of nitrogens with two attached hydrogens (primary N) is 1. The van der Waals surface area contributed by atoms with Gasteiger partial charge in [0.15, 0.2) is 0 Å². The Hall–Kier alpha value is -2.79. The summed E-state index contributed by atoms with van der Waals surface area (Å²) in [7, 11) is 0. The Kier molecular flexibility index (Phi) is 8.31. The van der Waals surface area contributed by atoms with Crippen molar-refractivity contribution in [1.82, 2.24) is 4.90 Å². The van der Waals surface area contributed by atoms with Crippen LogP contribution in [-0.4, -0.2) is 30.0 Å². The number of anilines is 1. The molecule has 2 heterocycles. The summed E-state index contributed by atoms with van der Waals surface area (Å²) in [6.07, 6.45) is -4.04. The average Bonchev–Trinajstić information content (AvgIpc) is 3.77. The second-order valence-corrected chi connectivity index (χ2v) is 11.8. The first-order valence-corrected chi connectivity index (χ1v) is 14.1. The molecule has 5 nitrogen and oxygen atoms in total. The van der Waals surface area contributed by atoms with Crippen molar-refractivity contribution in [3.8, 4) is 0 Å². The van der Waals surface area contributed by atoms with Crippen LogP contribution in [0.1, 0.15) is 72.8 Å². The number of nitrogens with zero attached hydrogens (tertiary/aromatic N) is 1. The molecule has 0 aromatic heterocycles. The molecule has 0 spiro atoms. The minimum absolute atomic E-state index is 0.0270. The molecule has 224 valence electrons. The van der Waals surface area contributed by atoms with E-state index in [1.54, 1.807) is 0 Å². The third-order valence-electron chi connectivity index (χ3n) is 9.07. The predicted octanol–water partition coefficient (Wildman–Crippen LogP) is 6.91. The number of nitrogens with one attached hydrogen (secondary N) is 1.